The number of aromatic nitrogens is 1. The van der Waals surface area contributed by atoms with Crippen molar-refractivity contribution in [2.24, 2.45) is 0 Å². The van der Waals surface area contributed by atoms with Crippen LogP contribution in [0.15, 0.2) is 58.6 Å². The highest BCUT2D eigenvalue weighted by atomic mass is 32.2. The summed E-state index contributed by atoms with van der Waals surface area (Å²) in [5, 5.41) is 10.9. The van der Waals surface area contributed by atoms with E-state index in [1.807, 2.05) is 30.3 Å². The van der Waals surface area contributed by atoms with Gasteiger partial charge in [-0.15, -0.1) is 11.8 Å². The van der Waals surface area contributed by atoms with E-state index in [1.165, 1.54) is 28.7 Å². The standard InChI is InChI=1S/C20H26N2O3S2/c1-22(17-10-6-3-7-11-17)27(24,25)18-12-13-20(21-14-18)26-15-19(23)16-8-4-2-5-9-16/h2,4-5,8-9,12-14,17,19,23H,3,6-7,10-11,15H2,1H3/t19-/m1/s1. The molecule has 0 spiro atoms. The highest BCUT2D eigenvalue weighted by Crippen LogP contribution is 2.28. The van der Waals surface area contributed by atoms with Crippen LogP contribution in [0.1, 0.15) is 43.8 Å². The van der Waals surface area contributed by atoms with Crippen LogP contribution in [0.2, 0.25) is 0 Å². The Balaban J connectivity index is 1.62. The minimum atomic E-state index is -3.52. The van der Waals surface area contributed by atoms with E-state index in [2.05, 4.69) is 4.98 Å². The molecule has 1 N–H and O–H groups in total. The highest BCUT2D eigenvalue weighted by molar-refractivity contribution is 7.99. The zero-order valence-corrected chi connectivity index (χ0v) is 17.1. The van der Waals surface area contributed by atoms with E-state index in [4.69, 9.17) is 0 Å². The Bertz CT molecular complexity index is 820. The number of aliphatic hydroxyl groups is 1. The van der Waals surface area contributed by atoms with Crippen LogP contribution in [-0.4, -0.2) is 41.7 Å². The van der Waals surface area contributed by atoms with Crippen molar-refractivity contribution in [1.29, 1.82) is 0 Å². The van der Waals surface area contributed by atoms with Gasteiger partial charge in [-0.3, -0.25) is 0 Å². The van der Waals surface area contributed by atoms with E-state index in [1.54, 1.807) is 19.2 Å². The molecule has 2 aromatic rings. The summed E-state index contributed by atoms with van der Waals surface area (Å²) in [7, 11) is -1.85. The largest absolute Gasteiger partial charge is 0.388 e. The Morgan fingerprint density at radius 1 is 1.15 bits per heavy atom. The fraction of sp³-hybridized carbons (Fsp3) is 0.450. The van der Waals surface area contributed by atoms with Crippen molar-refractivity contribution in [3.63, 3.8) is 0 Å². The predicted octanol–water partition coefficient (Wildman–Crippen LogP) is 3.86. The minimum Gasteiger partial charge on any atom is -0.388 e. The van der Waals surface area contributed by atoms with Crippen molar-refractivity contribution in [1.82, 2.24) is 9.29 Å². The van der Waals surface area contributed by atoms with Crippen molar-refractivity contribution < 1.29 is 13.5 Å². The molecule has 0 aliphatic heterocycles. The molecular weight excluding hydrogens is 380 g/mol. The molecule has 1 aliphatic rings. The Morgan fingerprint density at radius 3 is 2.48 bits per heavy atom. The van der Waals surface area contributed by atoms with Crippen LogP contribution in [0.25, 0.3) is 0 Å². The summed E-state index contributed by atoms with van der Waals surface area (Å²) in [4.78, 5) is 4.51. The summed E-state index contributed by atoms with van der Waals surface area (Å²) in [6, 6.07) is 12.9. The Labute approximate surface area is 165 Å². The average molecular weight is 407 g/mol. The maximum Gasteiger partial charge on any atom is 0.244 e. The summed E-state index contributed by atoms with van der Waals surface area (Å²) < 4.78 is 27.2. The van der Waals surface area contributed by atoms with Gasteiger partial charge in [-0.25, -0.2) is 13.4 Å². The topological polar surface area (TPSA) is 70.5 Å². The Hall–Kier alpha value is -1.41. The van der Waals surface area contributed by atoms with Gasteiger partial charge in [0.2, 0.25) is 10.0 Å². The van der Waals surface area contributed by atoms with Gasteiger partial charge in [0.25, 0.3) is 0 Å². The lowest BCUT2D eigenvalue weighted by Crippen LogP contribution is -2.38. The lowest BCUT2D eigenvalue weighted by Gasteiger charge is -2.30. The van der Waals surface area contributed by atoms with Crippen molar-refractivity contribution in [3.05, 3.63) is 54.2 Å². The quantitative estimate of drug-likeness (QED) is 0.707. The maximum absolute atomic E-state index is 12.8. The summed E-state index contributed by atoms with van der Waals surface area (Å²) in [6.07, 6.45) is 6.05. The van der Waals surface area contributed by atoms with Gasteiger partial charge in [0.1, 0.15) is 4.90 Å². The third-order valence-electron chi connectivity index (χ3n) is 5.05. The summed E-state index contributed by atoms with van der Waals surface area (Å²) >= 11 is 1.41. The number of sulfonamides is 1. The van der Waals surface area contributed by atoms with Gasteiger partial charge in [0, 0.05) is 25.0 Å². The van der Waals surface area contributed by atoms with Gasteiger partial charge in [0.15, 0.2) is 0 Å². The number of hydrogen-bond acceptors (Lipinski definition) is 5. The highest BCUT2D eigenvalue weighted by Gasteiger charge is 2.29. The SMILES string of the molecule is CN(C1CCCCC1)S(=O)(=O)c1ccc(SC[C@@H](O)c2ccccc2)nc1. The molecule has 5 nitrogen and oxygen atoms in total. The third kappa shape index (κ3) is 5.10. The first-order valence-electron chi connectivity index (χ1n) is 9.28. The number of thioether (sulfide) groups is 1. The molecule has 0 saturated heterocycles. The van der Waals surface area contributed by atoms with Crippen molar-refractivity contribution >= 4 is 21.8 Å². The summed E-state index contributed by atoms with van der Waals surface area (Å²) in [6.45, 7) is 0. The maximum atomic E-state index is 12.8. The van der Waals surface area contributed by atoms with Gasteiger partial charge in [0.05, 0.1) is 11.1 Å². The molecule has 146 valence electrons. The predicted molar refractivity (Wildman–Crippen MR) is 108 cm³/mol. The fourth-order valence-electron chi connectivity index (χ4n) is 3.35. The molecule has 3 rings (SSSR count). The normalized spacial score (nSPS) is 17.1. The van der Waals surface area contributed by atoms with Crippen molar-refractivity contribution in [2.75, 3.05) is 12.8 Å². The van der Waals surface area contributed by atoms with E-state index in [0.29, 0.717) is 10.8 Å². The molecule has 1 saturated carbocycles. The number of aliphatic hydroxyl groups excluding tert-OH is 1. The molecule has 0 unspecified atom stereocenters. The first kappa shape index (κ1) is 20.3. The Kier molecular flexibility index (Phi) is 6.92. The van der Waals surface area contributed by atoms with Crippen LogP contribution in [0, 0.1) is 0 Å². The monoisotopic (exact) mass is 406 g/mol. The number of nitrogens with zero attached hydrogens (tertiary/aromatic N) is 2. The molecule has 0 radical (unpaired) electrons. The molecule has 1 fully saturated rings. The molecule has 1 aromatic carbocycles. The van der Waals surface area contributed by atoms with Crippen molar-refractivity contribution in [3.8, 4) is 0 Å². The van der Waals surface area contributed by atoms with Crippen LogP contribution in [0.3, 0.4) is 0 Å². The molecular formula is C20H26N2O3S2. The van der Waals surface area contributed by atoms with E-state index >= 15 is 0 Å². The third-order valence-corrected chi connectivity index (χ3v) is 7.96. The zero-order chi connectivity index (χ0) is 19.3. The number of pyridine rings is 1. The molecule has 27 heavy (non-hydrogen) atoms. The molecule has 0 bridgehead atoms. The van der Waals surface area contributed by atoms with Gasteiger partial charge < -0.3 is 5.11 Å². The van der Waals surface area contributed by atoms with Crippen LogP contribution < -0.4 is 0 Å². The molecule has 1 aliphatic carbocycles. The molecule has 1 aromatic heterocycles. The molecule has 7 heteroatoms. The smallest absolute Gasteiger partial charge is 0.244 e. The second-order valence-electron chi connectivity index (χ2n) is 6.88. The number of hydrogen-bond donors (Lipinski definition) is 1. The van der Waals surface area contributed by atoms with Crippen molar-refractivity contribution in [2.45, 2.75) is 54.2 Å². The number of rotatable bonds is 7. The summed E-state index contributed by atoms with van der Waals surface area (Å²) in [5.74, 6) is 0.463. The first-order chi connectivity index (χ1) is 13.0. The van der Waals surface area contributed by atoms with Crippen LogP contribution in [0.4, 0.5) is 0 Å². The minimum absolute atomic E-state index is 0.0822. The summed E-state index contributed by atoms with van der Waals surface area (Å²) in [5.41, 5.74) is 0.860. The molecule has 0 amide bonds. The molecule has 1 atom stereocenters. The van der Waals surface area contributed by atoms with Crippen LogP contribution >= 0.6 is 11.8 Å². The van der Waals surface area contributed by atoms with Gasteiger partial charge in [-0.1, -0.05) is 49.6 Å². The van der Waals surface area contributed by atoms with E-state index in [0.717, 1.165) is 31.2 Å². The second-order valence-corrected chi connectivity index (χ2v) is 9.92. The van der Waals surface area contributed by atoms with E-state index in [9.17, 15) is 13.5 Å². The second kappa shape index (κ2) is 9.19. The van der Waals surface area contributed by atoms with Crippen LogP contribution in [-0.2, 0) is 10.0 Å². The lowest BCUT2D eigenvalue weighted by atomic mass is 9.96. The molecule has 1 heterocycles. The van der Waals surface area contributed by atoms with Crippen LogP contribution in [0.5, 0.6) is 0 Å². The van der Waals surface area contributed by atoms with Gasteiger partial charge >= 0.3 is 0 Å². The fourth-order valence-corrected chi connectivity index (χ4v) is 5.52. The zero-order valence-electron chi connectivity index (χ0n) is 15.5. The van der Waals surface area contributed by atoms with E-state index < -0.39 is 16.1 Å². The van der Waals surface area contributed by atoms with E-state index in [-0.39, 0.29) is 10.9 Å². The lowest BCUT2D eigenvalue weighted by molar-refractivity contribution is 0.204. The average Bonchev–Trinajstić information content (AvgIpc) is 2.73. The number of benzene rings is 1. The van der Waals surface area contributed by atoms with Gasteiger partial charge in [-0.2, -0.15) is 4.31 Å². The first-order valence-corrected chi connectivity index (χ1v) is 11.7. The van der Waals surface area contributed by atoms with Gasteiger partial charge in [-0.05, 0) is 30.5 Å². The Morgan fingerprint density at radius 2 is 1.85 bits per heavy atom.